The summed E-state index contributed by atoms with van der Waals surface area (Å²) in [5.41, 5.74) is 2.55. The van der Waals surface area contributed by atoms with E-state index in [1.165, 1.54) is 0 Å². The molecule has 0 aliphatic heterocycles. The first-order valence-electron chi connectivity index (χ1n) is 6.91. The van der Waals surface area contributed by atoms with Crippen LogP contribution in [-0.4, -0.2) is 18.3 Å². The van der Waals surface area contributed by atoms with E-state index in [4.69, 9.17) is 0 Å². The van der Waals surface area contributed by atoms with Crippen molar-refractivity contribution < 1.29 is 4.79 Å². The highest BCUT2D eigenvalue weighted by molar-refractivity contribution is 8.21. The predicted octanol–water partition coefficient (Wildman–Crippen LogP) is 5.52. The minimum atomic E-state index is 0.0616. The number of ketones is 1. The van der Waals surface area contributed by atoms with Gasteiger partial charge in [0.15, 0.2) is 5.78 Å². The van der Waals surface area contributed by atoms with Gasteiger partial charge in [-0.05, 0) is 24.2 Å². The van der Waals surface area contributed by atoms with Crippen LogP contribution in [0.4, 0.5) is 0 Å². The lowest BCUT2D eigenvalue weighted by Gasteiger charge is -2.08. The molecule has 0 radical (unpaired) electrons. The number of Topliss-reactive ketones (excluding diaryl/α,β-unsaturated/α-hetero) is 1. The second kappa shape index (κ2) is 8.66. The number of allylic oxidation sites excluding steroid dienone is 2. The van der Waals surface area contributed by atoms with Crippen molar-refractivity contribution in [2.45, 2.75) is 0 Å². The van der Waals surface area contributed by atoms with E-state index in [1.807, 2.05) is 85.3 Å². The van der Waals surface area contributed by atoms with Gasteiger partial charge in [0, 0.05) is 11.1 Å². The average Bonchev–Trinajstić information content (AvgIpc) is 2.59. The molecule has 0 amide bonds. The highest BCUT2D eigenvalue weighted by Gasteiger charge is 2.14. The lowest BCUT2D eigenvalue weighted by Crippen LogP contribution is -2.03. The summed E-state index contributed by atoms with van der Waals surface area (Å²) in [6, 6.07) is 19.4. The van der Waals surface area contributed by atoms with Gasteiger partial charge in [0.05, 0.1) is 4.24 Å². The van der Waals surface area contributed by atoms with Gasteiger partial charge in [-0.1, -0.05) is 66.7 Å². The van der Waals surface area contributed by atoms with Crippen molar-refractivity contribution >= 4 is 35.4 Å². The van der Waals surface area contributed by atoms with E-state index in [0.717, 1.165) is 20.9 Å². The fourth-order valence-electron chi connectivity index (χ4n) is 2.03. The first-order chi connectivity index (χ1) is 10.8. The van der Waals surface area contributed by atoms with E-state index in [0.29, 0.717) is 0 Å². The third kappa shape index (κ3) is 4.39. The number of thioether (sulfide) groups is 2. The van der Waals surface area contributed by atoms with Crippen molar-refractivity contribution in [2.75, 3.05) is 12.5 Å². The van der Waals surface area contributed by atoms with Crippen LogP contribution in [0.2, 0.25) is 0 Å². The smallest absolute Gasteiger partial charge is 0.194 e. The molecule has 2 aromatic carbocycles. The number of rotatable bonds is 6. The monoisotopic (exact) mass is 326 g/mol. The summed E-state index contributed by atoms with van der Waals surface area (Å²) in [4.78, 5) is 12.8. The molecule has 0 spiro atoms. The topological polar surface area (TPSA) is 17.1 Å². The minimum Gasteiger partial charge on any atom is -0.289 e. The Kier molecular flexibility index (Phi) is 6.56. The molecular weight excluding hydrogens is 308 g/mol. The largest absolute Gasteiger partial charge is 0.289 e. The molecule has 3 heteroatoms. The summed E-state index contributed by atoms with van der Waals surface area (Å²) in [5.74, 6) is 0.0616. The Labute approximate surface area is 140 Å². The van der Waals surface area contributed by atoms with Crippen LogP contribution in [0.1, 0.15) is 15.9 Å². The van der Waals surface area contributed by atoms with Crippen LogP contribution >= 0.6 is 23.5 Å². The van der Waals surface area contributed by atoms with E-state index in [9.17, 15) is 4.79 Å². The average molecular weight is 326 g/mol. The zero-order valence-corrected chi connectivity index (χ0v) is 14.3. The first kappa shape index (κ1) is 16.7. The molecule has 0 aliphatic rings. The molecule has 112 valence electrons. The van der Waals surface area contributed by atoms with Gasteiger partial charge >= 0.3 is 0 Å². The van der Waals surface area contributed by atoms with Crippen molar-refractivity contribution in [3.8, 4) is 0 Å². The summed E-state index contributed by atoms with van der Waals surface area (Å²) < 4.78 is 1.03. The predicted molar refractivity (Wildman–Crippen MR) is 100 cm³/mol. The third-order valence-corrected chi connectivity index (χ3v) is 5.29. The maximum absolute atomic E-state index is 12.8. The van der Waals surface area contributed by atoms with Crippen LogP contribution in [0.5, 0.6) is 0 Å². The summed E-state index contributed by atoms with van der Waals surface area (Å²) >= 11 is 3.21. The molecule has 0 aromatic heterocycles. The summed E-state index contributed by atoms with van der Waals surface area (Å²) in [7, 11) is 0. The van der Waals surface area contributed by atoms with Crippen LogP contribution in [-0.2, 0) is 0 Å². The molecule has 22 heavy (non-hydrogen) atoms. The quantitative estimate of drug-likeness (QED) is 0.395. The Balaban J connectivity index is 2.38. The molecule has 0 N–H and O–H groups in total. The molecule has 0 unspecified atom stereocenters. The van der Waals surface area contributed by atoms with Gasteiger partial charge in [-0.3, -0.25) is 4.79 Å². The van der Waals surface area contributed by atoms with Crippen molar-refractivity contribution in [1.29, 1.82) is 0 Å². The Hall–Kier alpha value is -1.71. The fourth-order valence-corrected chi connectivity index (χ4v) is 3.46. The molecule has 0 saturated carbocycles. The Morgan fingerprint density at radius 2 is 1.41 bits per heavy atom. The van der Waals surface area contributed by atoms with Gasteiger partial charge < -0.3 is 0 Å². The molecule has 0 aliphatic carbocycles. The highest BCUT2D eigenvalue weighted by atomic mass is 32.2. The standard InChI is InChI=1S/C19H18OS2/c1-21-19(22-2)17(14-13-15-9-5-3-6-10-15)18(20)16-11-7-4-8-12-16/h3-14H,1-2H3/b14-13+. The van der Waals surface area contributed by atoms with Crippen molar-refractivity contribution in [1.82, 2.24) is 0 Å². The van der Waals surface area contributed by atoms with Gasteiger partial charge in [0.1, 0.15) is 0 Å². The van der Waals surface area contributed by atoms with E-state index in [-0.39, 0.29) is 5.78 Å². The maximum Gasteiger partial charge on any atom is 0.194 e. The minimum absolute atomic E-state index is 0.0616. The Morgan fingerprint density at radius 1 is 0.864 bits per heavy atom. The van der Waals surface area contributed by atoms with E-state index in [2.05, 4.69) is 0 Å². The second-order valence-electron chi connectivity index (χ2n) is 4.55. The Bertz CT molecular complexity index is 667. The van der Waals surface area contributed by atoms with Gasteiger partial charge in [-0.15, -0.1) is 23.5 Å². The van der Waals surface area contributed by atoms with Crippen LogP contribution in [0.25, 0.3) is 6.08 Å². The molecule has 2 aromatic rings. The lowest BCUT2D eigenvalue weighted by molar-refractivity contribution is 0.103. The van der Waals surface area contributed by atoms with E-state index in [1.54, 1.807) is 23.5 Å². The van der Waals surface area contributed by atoms with Gasteiger partial charge in [0.25, 0.3) is 0 Å². The van der Waals surface area contributed by atoms with Crippen LogP contribution in [0.15, 0.2) is 76.5 Å². The summed E-state index contributed by atoms with van der Waals surface area (Å²) in [6.45, 7) is 0. The van der Waals surface area contributed by atoms with Crippen LogP contribution in [0.3, 0.4) is 0 Å². The Morgan fingerprint density at radius 3 is 1.95 bits per heavy atom. The van der Waals surface area contributed by atoms with Crippen molar-refractivity contribution in [3.63, 3.8) is 0 Å². The van der Waals surface area contributed by atoms with Gasteiger partial charge in [-0.25, -0.2) is 0 Å². The molecular formula is C19H18OS2. The van der Waals surface area contributed by atoms with Gasteiger partial charge in [-0.2, -0.15) is 0 Å². The van der Waals surface area contributed by atoms with Crippen molar-refractivity contribution in [2.24, 2.45) is 0 Å². The molecule has 0 fully saturated rings. The number of hydrogen-bond donors (Lipinski definition) is 0. The highest BCUT2D eigenvalue weighted by Crippen LogP contribution is 2.30. The zero-order chi connectivity index (χ0) is 15.8. The number of carbonyl (C=O) groups excluding carboxylic acids is 1. The molecule has 2 rings (SSSR count). The van der Waals surface area contributed by atoms with Crippen LogP contribution < -0.4 is 0 Å². The van der Waals surface area contributed by atoms with Crippen molar-refractivity contribution in [3.05, 3.63) is 87.7 Å². The molecule has 0 saturated heterocycles. The molecule has 0 atom stereocenters. The molecule has 0 heterocycles. The SMILES string of the molecule is CSC(SC)=C(/C=C/c1ccccc1)C(=O)c1ccccc1. The first-order valence-corrected chi connectivity index (χ1v) is 9.36. The zero-order valence-electron chi connectivity index (χ0n) is 12.7. The summed E-state index contributed by atoms with van der Waals surface area (Å²) in [6.07, 6.45) is 7.91. The van der Waals surface area contributed by atoms with E-state index < -0.39 is 0 Å². The number of benzene rings is 2. The van der Waals surface area contributed by atoms with Gasteiger partial charge in [0.2, 0.25) is 0 Å². The third-order valence-electron chi connectivity index (χ3n) is 3.11. The van der Waals surface area contributed by atoms with Crippen LogP contribution in [0, 0.1) is 0 Å². The normalized spacial score (nSPS) is 10.6. The molecule has 0 bridgehead atoms. The lowest BCUT2D eigenvalue weighted by atomic mass is 10.0. The summed E-state index contributed by atoms with van der Waals surface area (Å²) in [5, 5.41) is 0. The maximum atomic E-state index is 12.8. The number of carbonyl (C=O) groups is 1. The van der Waals surface area contributed by atoms with E-state index >= 15 is 0 Å². The second-order valence-corrected chi connectivity index (χ2v) is 6.44. The number of hydrogen-bond acceptors (Lipinski definition) is 3. The molecule has 1 nitrogen and oxygen atoms in total. The fraction of sp³-hybridized carbons (Fsp3) is 0.105.